The van der Waals surface area contributed by atoms with E-state index in [0.29, 0.717) is 24.5 Å². The predicted molar refractivity (Wildman–Crippen MR) is 110 cm³/mol. The van der Waals surface area contributed by atoms with Gasteiger partial charge < -0.3 is 5.32 Å². The number of anilines is 1. The lowest BCUT2D eigenvalue weighted by atomic mass is 10.2. The number of carbonyl (C=O) groups is 1. The van der Waals surface area contributed by atoms with Gasteiger partial charge in [-0.1, -0.05) is 23.7 Å². The Morgan fingerprint density at radius 2 is 2.00 bits per heavy atom. The molecule has 1 N–H and O–H groups in total. The third kappa shape index (κ3) is 4.59. The SMILES string of the molecule is Cc1nn(Cc2cccc(NC(=O)CCn3ncc(Cl)c3C)c2)c(C)c1Br. The van der Waals surface area contributed by atoms with E-state index in [4.69, 9.17) is 11.6 Å². The molecule has 6 nitrogen and oxygen atoms in total. The molecule has 1 aromatic carbocycles. The van der Waals surface area contributed by atoms with Gasteiger partial charge >= 0.3 is 0 Å². The minimum Gasteiger partial charge on any atom is -0.326 e. The van der Waals surface area contributed by atoms with Crippen LogP contribution >= 0.6 is 27.5 Å². The van der Waals surface area contributed by atoms with Crippen molar-refractivity contribution in [1.29, 1.82) is 0 Å². The lowest BCUT2D eigenvalue weighted by molar-refractivity contribution is -0.116. The van der Waals surface area contributed by atoms with Gasteiger partial charge in [0, 0.05) is 12.1 Å². The van der Waals surface area contributed by atoms with Crippen LogP contribution in [-0.4, -0.2) is 25.5 Å². The molecule has 27 heavy (non-hydrogen) atoms. The average Bonchev–Trinajstić information content (AvgIpc) is 3.08. The summed E-state index contributed by atoms with van der Waals surface area (Å²) < 4.78 is 4.71. The van der Waals surface area contributed by atoms with Gasteiger partial charge in [0.25, 0.3) is 0 Å². The van der Waals surface area contributed by atoms with Crippen LogP contribution in [-0.2, 0) is 17.9 Å². The van der Waals surface area contributed by atoms with E-state index in [0.717, 1.165) is 32.8 Å². The van der Waals surface area contributed by atoms with E-state index >= 15 is 0 Å². The Balaban J connectivity index is 1.62. The van der Waals surface area contributed by atoms with Gasteiger partial charge in [-0.2, -0.15) is 10.2 Å². The maximum atomic E-state index is 12.3. The van der Waals surface area contributed by atoms with Crippen molar-refractivity contribution < 1.29 is 4.79 Å². The van der Waals surface area contributed by atoms with Crippen molar-refractivity contribution >= 4 is 39.1 Å². The number of benzene rings is 1. The lowest BCUT2D eigenvalue weighted by Crippen LogP contribution is -2.15. The molecule has 8 heteroatoms. The molecule has 0 radical (unpaired) electrons. The first-order chi connectivity index (χ1) is 12.8. The van der Waals surface area contributed by atoms with Crippen LogP contribution in [0.4, 0.5) is 5.69 Å². The zero-order valence-corrected chi connectivity index (χ0v) is 17.8. The van der Waals surface area contributed by atoms with Gasteiger partial charge in [-0.05, 0) is 54.4 Å². The van der Waals surface area contributed by atoms with Crippen molar-refractivity contribution in [2.24, 2.45) is 0 Å². The van der Waals surface area contributed by atoms with Gasteiger partial charge in [0.2, 0.25) is 5.91 Å². The molecule has 3 rings (SSSR count). The molecular formula is C19H21BrClN5O. The minimum absolute atomic E-state index is 0.0629. The third-order valence-corrected chi connectivity index (χ3v) is 5.95. The van der Waals surface area contributed by atoms with E-state index in [2.05, 4.69) is 31.4 Å². The van der Waals surface area contributed by atoms with E-state index in [-0.39, 0.29) is 5.91 Å². The number of aromatic nitrogens is 4. The van der Waals surface area contributed by atoms with Gasteiger partial charge in [-0.3, -0.25) is 14.2 Å². The molecule has 0 spiro atoms. The average molecular weight is 451 g/mol. The fourth-order valence-electron chi connectivity index (χ4n) is 2.83. The molecule has 0 bridgehead atoms. The number of rotatable bonds is 6. The molecule has 0 saturated carbocycles. The smallest absolute Gasteiger partial charge is 0.226 e. The summed E-state index contributed by atoms with van der Waals surface area (Å²) in [5.41, 5.74) is 4.75. The second-order valence-corrected chi connectivity index (χ2v) is 7.64. The molecule has 0 atom stereocenters. The Hall–Kier alpha value is -2.12. The Kier molecular flexibility index (Phi) is 6.01. The van der Waals surface area contributed by atoms with Crippen molar-refractivity contribution in [2.75, 3.05) is 5.32 Å². The number of amides is 1. The van der Waals surface area contributed by atoms with Crippen molar-refractivity contribution in [3.8, 4) is 0 Å². The van der Waals surface area contributed by atoms with Crippen molar-refractivity contribution in [3.05, 3.63) is 62.6 Å². The van der Waals surface area contributed by atoms with Crippen LogP contribution in [0.1, 0.15) is 29.1 Å². The van der Waals surface area contributed by atoms with Crippen LogP contribution in [0.15, 0.2) is 34.9 Å². The van der Waals surface area contributed by atoms with Gasteiger partial charge in [0.1, 0.15) is 0 Å². The number of halogens is 2. The second-order valence-electron chi connectivity index (χ2n) is 6.44. The molecule has 0 saturated heterocycles. The lowest BCUT2D eigenvalue weighted by Gasteiger charge is -2.09. The van der Waals surface area contributed by atoms with Gasteiger partial charge in [0.05, 0.1) is 45.9 Å². The number of nitrogens with zero attached hydrogens (tertiary/aromatic N) is 4. The predicted octanol–water partition coefficient (Wildman–Crippen LogP) is 4.50. The number of carbonyl (C=O) groups excluding carboxylic acids is 1. The minimum atomic E-state index is -0.0629. The maximum absolute atomic E-state index is 12.3. The molecule has 0 fully saturated rings. The van der Waals surface area contributed by atoms with Crippen LogP contribution in [0.3, 0.4) is 0 Å². The summed E-state index contributed by atoms with van der Waals surface area (Å²) in [6.45, 7) is 7.02. The molecule has 142 valence electrons. The first-order valence-electron chi connectivity index (χ1n) is 8.61. The van der Waals surface area contributed by atoms with Crippen molar-refractivity contribution in [3.63, 3.8) is 0 Å². The Labute approximate surface area is 171 Å². The van der Waals surface area contributed by atoms with Crippen LogP contribution in [0.5, 0.6) is 0 Å². The number of nitrogens with one attached hydrogen (secondary N) is 1. The Bertz CT molecular complexity index is 979. The first kappa shape index (κ1) is 19.6. The van der Waals surface area contributed by atoms with E-state index in [1.54, 1.807) is 10.9 Å². The standard InChI is InChI=1S/C19H21BrClN5O/c1-12-19(20)14(3)26(24-12)11-15-5-4-6-16(9-15)23-18(27)7-8-25-13(2)17(21)10-22-25/h4-6,9-10H,7-8,11H2,1-3H3,(H,23,27). The summed E-state index contributed by atoms with van der Waals surface area (Å²) in [6.07, 6.45) is 1.92. The van der Waals surface area contributed by atoms with E-state index in [1.165, 1.54) is 0 Å². The third-order valence-electron chi connectivity index (χ3n) is 4.43. The molecule has 2 heterocycles. The van der Waals surface area contributed by atoms with Crippen LogP contribution in [0.25, 0.3) is 0 Å². The summed E-state index contributed by atoms with van der Waals surface area (Å²) in [5, 5.41) is 12.2. The largest absolute Gasteiger partial charge is 0.326 e. The van der Waals surface area contributed by atoms with E-state index < -0.39 is 0 Å². The quantitative estimate of drug-likeness (QED) is 0.601. The summed E-state index contributed by atoms with van der Waals surface area (Å²) in [5.74, 6) is -0.0629. The molecule has 1 amide bonds. The Morgan fingerprint density at radius 3 is 2.63 bits per heavy atom. The van der Waals surface area contributed by atoms with Crippen LogP contribution in [0.2, 0.25) is 5.02 Å². The summed E-state index contributed by atoms with van der Waals surface area (Å²) in [4.78, 5) is 12.3. The second kappa shape index (κ2) is 8.27. The monoisotopic (exact) mass is 449 g/mol. The summed E-state index contributed by atoms with van der Waals surface area (Å²) in [7, 11) is 0. The highest BCUT2D eigenvalue weighted by Gasteiger charge is 2.10. The zero-order valence-electron chi connectivity index (χ0n) is 15.5. The number of aryl methyl sites for hydroxylation is 2. The first-order valence-corrected chi connectivity index (χ1v) is 9.78. The van der Waals surface area contributed by atoms with Crippen molar-refractivity contribution in [1.82, 2.24) is 19.6 Å². The number of hydrogen-bond acceptors (Lipinski definition) is 3. The molecule has 0 aliphatic rings. The van der Waals surface area contributed by atoms with Crippen LogP contribution < -0.4 is 5.32 Å². The number of hydrogen-bond donors (Lipinski definition) is 1. The van der Waals surface area contributed by atoms with Gasteiger partial charge in [0.15, 0.2) is 0 Å². The highest BCUT2D eigenvalue weighted by Crippen LogP contribution is 2.21. The van der Waals surface area contributed by atoms with E-state index in [1.807, 2.05) is 49.7 Å². The summed E-state index contributed by atoms with van der Waals surface area (Å²) in [6, 6.07) is 7.81. The molecule has 0 aliphatic carbocycles. The highest BCUT2D eigenvalue weighted by molar-refractivity contribution is 9.10. The Morgan fingerprint density at radius 1 is 1.22 bits per heavy atom. The van der Waals surface area contributed by atoms with E-state index in [9.17, 15) is 4.79 Å². The topological polar surface area (TPSA) is 64.7 Å². The fourth-order valence-corrected chi connectivity index (χ4v) is 3.25. The maximum Gasteiger partial charge on any atom is 0.226 e. The van der Waals surface area contributed by atoms with Crippen LogP contribution in [0, 0.1) is 20.8 Å². The molecule has 0 aliphatic heterocycles. The normalized spacial score (nSPS) is 11.0. The molecule has 2 aromatic heterocycles. The molecular weight excluding hydrogens is 430 g/mol. The fraction of sp³-hybridized carbons (Fsp3) is 0.316. The highest BCUT2D eigenvalue weighted by atomic mass is 79.9. The molecule has 0 unspecified atom stereocenters. The van der Waals surface area contributed by atoms with Gasteiger partial charge in [-0.15, -0.1) is 0 Å². The molecule has 3 aromatic rings. The van der Waals surface area contributed by atoms with Gasteiger partial charge in [-0.25, -0.2) is 0 Å². The summed E-state index contributed by atoms with van der Waals surface area (Å²) >= 11 is 9.53. The zero-order chi connectivity index (χ0) is 19.6. The van der Waals surface area contributed by atoms with Crippen molar-refractivity contribution in [2.45, 2.75) is 40.3 Å².